The molecular formula is C19H22N2O3. The number of carbonyl (C=O) groups excluding carboxylic acids is 1. The molecular weight excluding hydrogens is 304 g/mol. The van der Waals surface area contributed by atoms with Crippen molar-refractivity contribution in [3.05, 3.63) is 54.2 Å². The van der Waals surface area contributed by atoms with Gasteiger partial charge in [0.2, 0.25) is 0 Å². The van der Waals surface area contributed by atoms with Gasteiger partial charge in [-0.05, 0) is 49.3 Å². The van der Waals surface area contributed by atoms with Crippen molar-refractivity contribution < 1.29 is 13.9 Å². The molecule has 2 atom stereocenters. The van der Waals surface area contributed by atoms with E-state index in [1.165, 1.54) is 19.1 Å². The van der Waals surface area contributed by atoms with Crippen LogP contribution < -0.4 is 0 Å². The number of aromatic nitrogens is 1. The second-order valence-corrected chi connectivity index (χ2v) is 6.75. The Morgan fingerprint density at radius 2 is 2.25 bits per heavy atom. The average molecular weight is 326 g/mol. The fourth-order valence-electron chi connectivity index (χ4n) is 3.37. The van der Waals surface area contributed by atoms with E-state index in [-0.39, 0.29) is 18.1 Å². The Bertz CT molecular complexity index is 667. The third-order valence-electron chi connectivity index (χ3n) is 4.92. The second-order valence-electron chi connectivity index (χ2n) is 6.75. The Hall–Kier alpha value is -2.14. The van der Waals surface area contributed by atoms with E-state index >= 15 is 0 Å². The Balaban J connectivity index is 1.51. The lowest BCUT2D eigenvalue weighted by Gasteiger charge is -2.28. The van der Waals surface area contributed by atoms with Crippen LogP contribution in [0.15, 0.2) is 47.5 Å². The summed E-state index contributed by atoms with van der Waals surface area (Å²) in [5.41, 5.74) is 1.74. The van der Waals surface area contributed by atoms with Crippen LogP contribution in [0.1, 0.15) is 35.2 Å². The molecule has 3 heterocycles. The predicted octanol–water partition coefficient (Wildman–Crippen LogP) is 2.93. The summed E-state index contributed by atoms with van der Waals surface area (Å²) in [7, 11) is 0. The molecule has 1 aliphatic heterocycles. The molecule has 5 nitrogen and oxygen atoms in total. The van der Waals surface area contributed by atoms with Crippen LogP contribution >= 0.6 is 0 Å². The van der Waals surface area contributed by atoms with Gasteiger partial charge in [0, 0.05) is 25.5 Å². The van der Waals surface area contributed by atoms with E-state index in [2.05, 4.69) is 11.1 Å². The second kappa shape index (κ2) is 6.77. The van der Waals surface area contributed by atoms with E-state index in [9.17, 15) is 4.79 Å². The minimum absolute atomic E-state index is 0.0233. The standard InChI is InChI=1S/C19H22N2O3/c22-19(16-6-9-23-13-16)21-8-5-18(24-12-14-3-4-14)17(21)10-15-2-1-7-20-11-15/h1-2,6-7,9,11,13-14,17-18H,3-5,8,10,12H2/t17-,18-/m0/s1. The van der Waals surface area contributed by atoms with Crippen LogP contribution in [0.2, 0.25) is 0 Å². The fraction of sp³-hybridized carbons (Fsp3) is 0.474. The van der Waals surface area contributed by atoms with Crippen molar-refractivity contribution in [2.45, 2.75) is 37.8 Å². The third kappa shape index (κ3) is 3.36. The number of furan rings is 1. The van der Waals surface area contributed by atoms with E-state index in [4.69, 9.17) is 9.15 Å². The summed E-state index contributed by atoms with van der Waals surface area (Å²) in [6.07, 6.45) is 11.0. The molecule has 1 saturated heterocycles. The van der Waals surface area contributed by atoms with Gasteiger partial charge < -0.3 is 14.1 Å². The highest BCUT2D eigenvalue weighted by Gasteiger charge is 2.39. The number of carbonyl (C=O) groups is 1. The van der Waals surface area contributed by atoms with E-state index in [0.717, 1.165) is 37.5 Å². The average Bonchev–Trinajstić information content (AvgIpc) is 3.12. The summed E-state index contributed by atoms with van der Waals surface area (Å²) in [5.74, 6) is 0.748. The van der Waals surface area contributed by atoms with Gasteiger partial charge in [-0.1, -0.05) is 6.07 Å². The van der Waals surface area contributed by atoms with Gasteiger partial charge in [-0.3, -0.25) is 9.78 Å². The van der Waals surface area contributed by atoms with Crippen LogP contribution in [0.3, 0.4) is 0 Å². The first-order valence-corrected chi connectivity index (χ1v) is 8.65. The first-order valence-electron chi connectivity index (χ1n) is 8.65. The minimum Gasteiger partial charge on any atom is -0.472 e. The molecule has 0 radical (unpaired) electrons. The number of nitrogens with zero attached hydrogens (tertiary/aromatic N) is 2. The van der Waals surface area contributed by atoms with Gasteiger partial charge in [0.25, 0.3) is 5.91 Å². The highest BCUT2D eigenvalue weighted by molar-refractivity contribution is 5.94. The van der Waals surface area contributed by atoms with Gasteiger partial charge in [0.05, 0.1) is 24.0 Å². The smallest absolute Gasteiger partial charge is 0.257 e. The van der Waals surface area contributed by atoms with Crippen molar-refractivity contribution in [3.8, 4) is 0 Å². The van der Waals surface area contributed by atoms with E-state index < -0.39 is 0 Å². The molecule has 1 saturated carbocycles. The van der Waals surface area contributed by atoms with Crippen LogP contribution in [0, 0.1) is 5.92 Å². The monoisotopic (exact) mass is 326 g/mol. The van der Waals surface area contributed by atoms with Gasteiger partial charge in [-0.2, -0.15) is 0 Å². The van der Waals surface area contributed by atoms with Crippen molar-refractivity contribution in [2.75, 3.05) is 13.2 Å². The summed E-state index contributed by atoms with van der Waals surface area (Å²) in [5, 5.41) is 0. The number of rotatable bonds is 6. The Morgan fingerprint density at radius 3 is 2.96 bits per heavy atom. The van der Waals surface area contributed by atoms with Crippen molar-refractivity contribution in [1.82, 2.24) is 9.88 Å². The third-order valence-corrected chi connectivity index (χ3v) is 4.92. The molecule has 2 aromatic heterocycles. The maximum Gasteiger partial charge on any atom is 0.257 e. The summed E-state index contributed by atoms with van der Waals surface area (Å²) < 4.78 is 11.2. The summed E-state index contributed by atoms with van der Waals surface area (Å²) in [6, 6.07) is 5.77. The molecule has 5 heteroatoms. The highest BCUT2D eigenvalue weighted by Crippen LogP contribution is 2.32. The van der Waals surface area contributed by atoms with E-state index in [0.29, 0.717) is 5.56 Å². The molecule has 24 heavy (non-hydrogen) atoms. The lowest BCUT2D eigenvalue weighted by molar-refractivity contribution is 0.0200. The first-order chi connectivity index (χ1) is 11.8. The molecule has 1 aliphatic carbocycles. The molecule has 0 bridgehead atoms. The molecule has 0 spiro atoms. The molecule has 4 rings (SSSR count). The summed E-state index contributed by atoms with van der Waals surface area (Å²) in [4.78, 5) is 18.9. The maximum atomic E-state index is 12.8. The molecule has 2 aliphatic rings. The quantitative estimate of drug-likeness (QED) is 0.819. The van der Waals surface area contributed by atoms with Gasteiger partial charge in [0.1, 0.15) is 6.26 Å². The van der Waals surface area contributed by atoms with Crippen molar-refractivity contribution >= 4 is 5.91 Å². The van der Waals surface area contributed by atoms with Crippen molar-refractivity contribution in [3.63, 3.8) is 0 Å². The van der Waals surface area contributed by atoms with E-state index in [1.54, 1.807) is 18.5 Å². The topological polar surface area (TPSA) is 55.6 Å². The summed E-state index contributed by atoms with van der Waals surface area (Å²) in [6.45, 7) is 1.55. The lowest BCUT2D eigenvalue weighted by atomic mass is 10.0. The zero-order valence-electron chi connectivity index (χ0n) is 13.6. The largest absolute Gasteiger partial charge is 0.472 e. The van der Waals surface area contributed by atoms with Gasteiger partial charge >= 0.3 is 0 Å². The number of ether oxygens (including phenoxy) is 1. The minimum atomic E-state index is 0.0233. The molecule has 2 fully saturated rings. The van der Waals surface area contributed by atoms with Crippen molar-refractivity contribution in [1.29, 1.82) is 0 Å². The van der Waals surface area contributed by atoms with Crippen molar-refractivity contribution in [2.24, 2.45) is 5.92 Å². The van der Waals surface area contributed by atoms with Crippen LogP contribution in [0.5, 0.6) is 0 Å². The first kappa shape index (κ1) is 15.4. The van der Waals surface area contributed by atoms with Crippen LogP contribution in [0.4, 0.5) is 0 Å². The Kier molecular flexibility index (Phi) is 4.34. The molecule has 0 N–H and O–H groups in total. The SMILES string of the molecule is O=C(c1ccoc1)N1CC[C@H](OCC2CC2)[C@@H]1Cc1cccnc1. The van der Waals surface area contributed by atoms with Crippen LogP contribution in [-0.4, -0.2) is 41.1 Å². The predicted molar refractivity (Wildman–Crippen MR) is 88.6 cm³/mol. The number of likely N-dealkylation sites (tertiary alicyclic amines) is 1. The maximum absolute atomic E-state index is 12.8. The molecule has 1 amide bonds. The highest BCUT2D eigenvalue weighted by atomic mass is 16.5. The number of pyridine rings is 1. The molecule has 2 aromatic rings. The fourth-order valence-corrected chi connectivity index (χ4v) is 3.37. The van der Waals surface area contributed by atoms with Gasteiger partial charge in [-0.15, -0.1) is 0 Å². The lowest BCUT2D eigenvalue weighted by Crippen LogP contribution is -2.42. The Morgan fingerprint density at radius 1 is 1.33 bits per heavy atom. The zero-order chi connectivity index (χ0) is 16.4. The molecule has 0 unspecified atom stereocenters. The Labute approximate surface area is 141 Å². The number of amides is 1. The van der Waals surface area contributed by atoms with Crippen LogP contribution in [-0.2, 0) is 11.2 Å². The number of hydrogen-bond acceptors (Lipinski definition) is 4. The number of hydrogen-bond donors (Lipinski definition) is 0. The molecule has 126 valence electrons. The summed E-state index contributed by atoms with van der Waals surface area (Å²) >= 11 is 0. The normalized spacial score (nSPS) is 23.6. The van der Waals surface area contributed by atoms with E-state index in [1.807, 2.05) is 17.2 Å². The van der Waals surface area contributed by atoms with Crippen LogP contribution in [0.25, 0.3) is 0 Å². The van der Waals surface area contributed by atoms with Gasteiger partial charge in [0.15, 0.2) is 0 Å². The molecule has 0 aromatic carbocycles. The zero-order valence-corrected chi connectivity index (χ0v) is 13.6. The van der Waals surface area contributed by atoms with Gasteiger partial charge in [-0.25, -0.2) is 0 Å².